The van der Waals surface area contributed by atoms with Crippen molar-refractivity contribution < 1.29 is 0 Å². The lowest BCUT2D eigenvalue weighted by molar-refractivity contribution is 0.298. The monoisotopic (exact) mass is 295 g/mol. The molecular weight excluding hydrogens is 266 g/mol. The first-order valence-electron chi connectivity index (χ1n) is 7.70. The molecule has 4 heteroatoms. The van der Waals surface area contributed by atoms with Crippen molar-refractivity contribution in [1.82, 2.24) is 15.2 Å². The van der Waals surface area contributed by atoms with Crippen LogP contribution in [0.1, 0.15) is 58.2 Å². The summed E-state index contributed by atoms with van der Waals surface area (Å²) in [5.74, 6) is 0. The van der Waals surface area contributed by atoms with Gasteiger partial charge in [-0.25, -0.2) is 4.98 Å². The van der Waals surface area contributed by atoms with Gasteiger partial charge in [-0.2, -0.15) is 0 Å². The Bertz CT molecular complexity index is 437. The van der Waals surface area contributed by atoms with Crippen LogP contribution in [-0.4, -0.2) is 36.1 Å². The maximum atomic E-state index is 4.99. The van der Waals surface area contributed by atoms with E-state index in [0.717, 1.165) is 25.9 Å². The molecule has 3 nitrogen and oxygen atoms in total. The molecule has 114 valence electrons. The number of hydrogen-bond acceptors (Lipinski definition) is 4. The highest BCUT2D eigenvalue weighted by atomic mass is 32.1. The molecule has 1 saturated heterocycles. The second kappa shape index (κ2) is 5.74. The van der Waals surface area contributed by atoms with Crippen LogP contribution in [0.15, 0.2) is 5.38 Å². The Morgan fingerprint density at radius 2 is 2.20 bits per heavy atom. The number of likely N-dealkylation sites (N-methyl/N-ethyl adjacent to an activating group) is 1. The highest BCUT2D eigenvalue weighted by molar-refractivity contribution is 7.09. The van der Waals surface area contributed by atoms with Gasteiger partial charge in [-0.1, -0.05) is 27.7 Å². The van der Waals surface area contributed by atoms with Crippen LogP contribution in [-0.2, 0) is 11.0 Å². The van der Waals surface area contributed by atoms with E-state index in [1.807, 2.05) is 11.3 Å². The van der Waals surface area contributed by atoms with E-state index in [0.29, 0.717) is 6.04 Å². The zero-order chi connectivity index (χ0) is 15.0. The summed E-state index contributed by atoms with van der Waals surface area (Å²) < 4.78 is 0. The third-order valence-electron chi connectivity index (χ3n) is 4.31. The molecule has 0 radical (unpaired) electrons. The molecule has 1 aromatic rings. The number of hydrogen-bond donors (Lipinski definition) is 1. The number of rotatable bonds is 4. The average Bonchev–Trinajstić information content (AvgIpc) is 2.93. The Morgan fingerprint density at radius 1 is 1.50 bits per heavy atom. The van der Waals surface area contributed by atoms with Gasteiger partial charge in [0.2, 0.25) is 0 Å². The van der Waals surface area contributed by atoms with Gasteiger partial charge in [-0.05, 0) is 33.4 Å². The third kappa shape index (κ3) is 3.07. The van der Waals surface area contributed by atoms with Gasteiger partial charge in [-0.3, -0.25) is 0 Å². The molecule has 20 heavy (non-hydrogen) atoms. The zero-order valence-corrected chi connectivity index (χ0v) is 14.6. The fourth-order valence-electron chi connectivity index (χ4n) is 2.87. The third-order valence-corrected chi connectivity index (χ3v) is 5.36. The lowest BCUT2D eigenvalue weighted by atomic mass is 9.92. The van der Waals surface area contributed by atoms with Crippen molar-refractivity contribution in [3.63, 3.8) is 0 Å². The van der Waals surface area contributed by atoms with Gasteiger partial charge in [0.1, 0.15) is 5.01 Å². The highest BCUT2D eigenvalue weighted by Gasteiger charge is 2.44. The van der Waals surface area contributed by atoms with E-state index in [4.69, 9.17) is 4.98 Å². The normalized spacial score (nSPS) is 28.2. The maximum Gasteiger partial charge on any atom is 0.114 e. The Balaban J connectivity index is 2.30. The Labute approximate surface area is 127 Å². The molecule has 0 amide bonds. The Hall–Kier alpha value is -0.450. The van der Waals surface area contributed by atoms with E-state index in [1.54, 1.807) is 0 Å². The van der Waals surface area contributed by atoms with Crippen molar-refractivity contribution in [2.75, 3.05) is 20.1 Å². The summed E-state index contributed by atoms with van der Waals surface area (Å²) in [5.41, 5.74) is 1.41. The minimum absolute atomic E-state index is 0.0539. The van der Waals surface area contributed by atoms with Gasteiger partial charge >= 0.3 is 0 Å². The number of aromatic nitrogens is 1. The minimum atomic E-state index is 0.0539. The zero-order valence-electron chi connectivity index (χ0n) is 13.8. The van der Waals surface area contributed by atoms with E-state index >= 15 is 0 Å². The lowest BCUT2D eigenvalue weighted by Crippen LogP contribution is -2.44. The largest absolute Gasteiger partial charge is 0.304 e. The first kappa shape index (κ1) is 15.9. The molecule has 1 aliphatic rings. The minimum Gasteiger partial charge on any atom is -0.304 e. The number of nitrogens with one attached hydrogen (secondary N) is 1. The van der Waals surface area contributed by atoms with Crippen LogP contribution in [0.25, 0.3) is 0 Å². The van der Waals surface area contributed by atoms with Gasteiger partial charge in [0, 0.05) is 23.4 Å². The van der Waals surface area contributed by atoms with Crippen molar-refractivity contribution in [3.05, 3.63) is 16.1 Å². The molecule has 0 aliphatic carbocycles. The summed E-state index contributed by atoms with van der Waals surface area (Å²) in [4.78, 5) is 7.43. The molecule has 0 bridgehead atoms. The van der Waals surface area contributed by atoms with Crippen molar-refractivity contribution in [2.24, 2.45) is 0 Å². The number of likely N-dealkylation sites (tertiary alicyclic amines) is 1. The molecule has 1 aromatic heterocycles. The summed E-state index contributed by atoms with van der Waals surface area (Å²) in [6.45, 7) is 13.4. The van der Waals surface area contributed by atoms with E-state index < -0.39 is 0 Å². The van der Waals surface area contributed by atoms with E-state index in [1.165, 1.54) is 10.7 Å². The van der Waals surface area contributed by atoms with E-state index in [9.17, 15) is 0 Å². The first-order valence-corrected chi connectivity index (χ1v) is 8.58. The van der Waals surface area contributed by atoms with Crippen LogP contribution in [0.2, 0.25) is 0 Å². The standard InChI is InChI=1S/C16H29N3S/c1-7-8-17-16(9-12(2)19(6)11-16)14-18-13(10-20-14)15(3,4)5/h10,12,17H,7-9,11H2,1-6H3. The van der Waals surface area contributed by atoms with Crippen molar-refractivity contribution in [1.29, 1.82) is 0 Å². The van der Waals surface area contributed by atoms with Crippen LogP contribution in [0, 0.1) is 0 Å². The van der Waals surface area contributed by atoms with Crippen molar-refractivity contribution >= 4 is 11.3 Å². The molecule has 1 N–H and O–H groups in total. The van der Waals surface area contributed by atoms with Gasteiger partial charge in [0.15, 0.2) is 0 Å². The van der Waals surface area contributed by atoms with E-state index in [-0.39, 0.29) is 11.0 Å². The fraction of sp³-hybridized carbons (Fsp3) is 0.812. The molecule has 1 fully saturated rings. The molecule has 1 aliphatic heterocycles. The molecule has 2 rings (SSSR count). The van der Waals surface area contributed by atoms with E-state index in [2.05, 4.69) is 57.3 Å². The number of nitrogens with zero attached hydrogens (tertiary/aromatic N) is 2. The van der Waals surface area contributed by atoms with Crippen LogP contribution in [0.3, 0.4) is 0 Å². The molecule has 2 unspecified atom stereocenters. The van der Waals surface area contributed by atoms with Crippen LogP contribution >= 0.6 is 11.3 Å². The van der Waals surface area contributed by atoms with Gasteiger partial charge in [0.25, 0.3) is 0 Å². The van der Waals surface area contributed by atoms with Crippen molar-refractivity contribution in [3.8, 4) is 0 Å². The Morgan fingerprint density at radius 3 is 2.65 bits per heavy atom. The molecule has 2 atom stereocenters. The summed E-state index contributed by atoms with van der Waals surface area (Å²) >= 11 is 1.83. The topological polar surface area (TPSA) is 28.2 Å². The summed E-state index contributed by atoms with van der Waals surface area (Å²) in [6.07, 6.45) is 2.32. The first-order chi connectivity index (χ1) is 9.28. The van der Waals surface area contributed by atoms with Crippen LogP contribution in [0.5, 0.6) is 0 Å². The molecule has 0 spiro atoms. The number of thiazole rings is 1. The summed E-state index contributed by atoms with van der Waals surface area (Å²) in [7, 11) is 2.22. The lowest BCUT2D eigenvalue weighted by Gasteiger charge is -2.28. The Kier molecular flexibility index (Phi) is 4.57. The quantitative estimate of drug-likeness (QED) is 0.923. The fourth-order valence-corrected chi connectivity index (χ4v) is 4.09. The SMILES string of the molecule is CCCNC1(c2nc(C(C)(C)C)cs2)CC(C)N(C)C1. The predicted octanol–water partition coefficient (Wildman–Crippen LogP) is 3.36. The van der Waals surface area contributed by atoms with Gasteiger partial charge < -0.3 is 10.2 Å². The molecule has 0 saturated carbocycles. The molecular formula is C16H29N3S. The highest BCUT2D eigenvalue weighted by Crippen LogP contribution is 2.38. The second-order valence-corrected chi connectivity index (χ2v) is 8.12. The summed E-state index contributed by atoms with van der Waals surface area (Å²) in [5, 5.41) is 7.31. The smallest absolute Gasteiger partial charge is 0.114 e. The predicted molar refractivity (Wildman–Crippen MR) is 87.5 cm³/mol. The molecule has 0 aromatic carbocycles. The average molecular weight is 295 g/mol. The van der Waals surface area contributed by atoms with Gasteiger partial charge in [0.05, 0.1) is 11.2 Å². The van der Waals surface area contributed by atoms with Crippen LogP contribution in [0.4, 0.5) is 0 Å². The molecule has 2 heterocycles. The second-order valence-electron chi connectivity index (χ2n) is 7.27. The maximum absolute atomic E-state index is 4.99. The van der Waals surface area contributed by atoms with Crippen LogP contribution < -0.4 is 5.32 Å². The summed E-state index contributed by atoms with van der Waals surface area (Å²) in [6, 6.07) is 0.612. The van der Waals surface area contributed by atoms with Gasteiger partial charge in [-0.15, -0.1) is 11.3 Å². The van der Waals surface area contributed by atoms with Crippen molar-refractivity contribution in [2.45, 2.75) is 64.5 Å².